The van der Waals surface area contributed by atoms with Gasteiger partial charge in [-0.15, -0.1) is 0 Å². The van der Waals surface area contributed by atoms with Gasteiger partial charge in [-0.3, -0.25) is 0 Å². The largest absolute Gasteiger partial charge is 0.497 e. The molecule has 0 saturated carbocycles. The molecule has 0 heterocycles. The van der Waals surface area contributed by atoms with Crippen LogP contribution >= 0.6 is 0 Å². The number of rotatable bonds is 15. The van der Waals surface area contributed by atoms with Gasteiger partial charge in [0.25, 0.3) is 0 Å². The number of ether oxygens (including phenoxy) is 2. The Kier molecular flexibility index (Phi) is 13.1. The number of hydrogen-bond acceptors (Lipinski definition) is 5. The van der Waals surface area contributed by atoms with Gasteiger partial charge < -0.3 is 23.4 Å². The summed E-state index contributed by atoms with van der Waals surface area (Å²) >= 11 is 0. The highest BCUT2D eigenvalue weighted by atomic mass is 28.4. The lowest BCUT2D eigenvalue weighted by Crippen LogP contribution is -2.48. The Morgan fingerprint density at radius 3 is 1.86 bits per heavy atom. The van der Waals surface area contributed by atoms with Gasteiger partial charge in [0.05, 0.1) is 25.9 Å². The second kappa shape index (κ2) is 14.1. The second-order valence-corrected chi connectivity index (χ2v) is 23.4. The van der Waals surface area contributed by atoms with Crippen LogP contribution in [0.5, 0.6) is 5.75 Å². The Bertz CT molecular complexity index is 781. The summed E-state index contributed by atoms with van der Waals surface area (Å²) in [5.74, 6) is 0.963. The summed E-state index contributed by atoms with van der Waals surface area (Å²) < 4.78 is 25.3. The number of methoxy groups -OCH3 is 1. The van der Waals surface area contributed by atoms with E-state index in [1.54, 1.807) is 7.11 Å². The van der Waals surface area contributed by atoms with Crippen molar-refractivity contribution in [3.8, 4) is 5.75 Å². The van der Waals surface area contributed by atoms with Gasteiger partial charge in [0, 0.05) is 25.0 Å². The van der Waals surface area contributed by atoms with Gasteiger partial charge in [-0.25, -0.2) is 0 Å². The number of aliphatic hydroxyl groups is 1. The van der Waals surface area contributed by atoms with Gasteiger partial charge >= 0.3 is 0 Å². The van der Waals surface area contributed by atoms with Gasteiger partial charge in [0.15, 0.2) is 16.6 Å². The quantitative estimate of drug-likeness (QED) is 0.176. The molecule has 1 N–H and O–H groups in total. The van der Waals surface area contributed by atoms with Crippen LogP contribution < -0.4 is 4.74 Å². The predicted molar refractivity (Wildman–Crippen MR) is 161 cm³/mol. The van der Waals surface area contributed by atoms with E-state index in [4.69, 9.17) is 18.3 Å². The molecule has 0 unspecified atom stereocenters. The topological polar surface area (TPSA) is 57.2 Å². The van der Waals surface area contributed by atoms with Crippen molar-refractivity contribution in [2.45, 2.75) is 123 Å². The molecule has 5 nitrogen and oxygen atoms in total. The summed E-state index contributed by atoms with van der Waals surface area (Å²) in [4.78, 5) is 0. The SMILES string of the molecule is COc1ccc(CO[C@H]([C@@H](C)[C@@H](CCCO[Si](C)(C)C(C)(C)C)O[Si](C)(C)C(C)(C)C)[C@@H](C)CO)cc1. The van der Waals surface area contributed by atoms with E-state index in [9.17, 15) is 5.11 Å². The van der Waals surface area contributed by atoms with Crippen molar-refractivity contribution in [1.82, 2.24) is 0 Å². The molecule has 0 aliphatic rings. The fourth-order valence-electron chi connectivity index (χ4n) is 3.88. The monoisotopic (exact) mass is 554 g/mol. The summed E-state index contributed by atoms with van der Waals surface area (Å²) in [6, 6.07) is 7.98. The van der Waals surface area contributed by atoms with E-state index in [2.05, 4.69) is 81.6 Å². The van der Waals surface area contributed by atoms with E-state index in [1.165, 1.54) is 0 Å². The molecular weight excluding hydrogens is 496 g/mol. The summed E-state index contributed by atoms with van der Waals surface area (Å²) in [5, 5.41) is 10.4. The minimum Gasteiger partial charge on any atom is -0.497 e. The molecule has 0 radical (unpaired) electrons. The van der Waals surface area contributed by atoms with E-state index in [0.29, 0.717) is 6.61 Å². The first-order chi connectivity index (χ1) is 16.9. The highest BCUT2D eigenvalue weighted by Gasteiger charge is 2.42. The third-order valence-corrected chi connectivity index (χ3v) is 17.8. The Morgan fingerprint density at radius 1 is 0.865 bits per heavy atom. The van der Waals surface area contributed by atoms with E-state index in [0.717, 1.165) is 30.8 Å². The molecule has 0 aromatic heterocycles. The van der Waals surface area contributed by atoms with Crippen LogP contribution in [0.3, 0.4) is 0 Å². The summed E-state index contributed by atoms with van der Waals surface area (Å²) in [5.41, 5.74) is 1.09. The number of hydrogen-bond donors (Lipinski definition) is 1. The standard InChI is InChI=1S/C30H58O5Si2/c1-23(21-31)28(33-22-25-16-18-26(32-9)19-17-25)24(2)27(35-37(12,13)30(6,7)8)15-14-20-34-36(10,11)29(3,4)5/h16-19,23-24,27-28,31H,14-15,20-22H2,1-13H3/t23-,24-,27+,28-/m0/s1. The fourth-order valence-corrected chi connectivity index (χ4v) is 6.41. The fraction of sp³-hybridized carbons (Fsp3) is 0.800. The molecule has 0 amide bonds. The zero-order valence-corrected chi connectivity index (χ0v) is 28.2. The third-order valence-electron chi connectivity index (χ3n) is 8.71. The molecule has 1 aromatic rings. The Morgan fingerprint density at radius 2 is 1.41 bits per heavy atom. The first-order valence-corrected chi connectivity index (χ1v) is 19.8. The molecule has 216 valence electrons. The Hall–Kier alpha value is -0.706. The van der Waals surface area contributed by atoms with Crippen LogP contribution in [0.15, 0.2) is 24.3 Å². The predicted octanol–water partition coefficient (Wildman–Crippen LogP) is 8.04. The van der Waals surface area contributed by atoms with Crippen LogP contribution in [0.25, 0.3) is 0 Å². The molecule has 4 atom stereocenters. The van der Waals surface area contributed by atoms with Crippen LogP contribution in [0.4, 0.5) is 0 Å². The molecule has 0 saturated heterocycles. The zero-order valence-electron chi connectivity index (χ0n) is 26.2. The molecule has 0 spiro atoms. The minimum atomic E-state index is -2.01. The van der Waals surface area contributed by atoms with E-state index >= 15 is 0 Å². The van der Waals surface area contributed by atoms with Gasteiger partial charge in [-0.05, 0) is 66.8 Å². The number of aliphatic hydroxyl groups excluding tert-OH is 1. The molecule has 0 aliphatic carbocycles. The van der Waals surface area contributed by atoms with Gasteiger partial charge in [0.1, 0.15) is 5.75 Å². The van der Waals surface area contributed by atoms with Crippen molar-refractivity contribution in [2.75, 3.05) is 20.3 Å². The third kappa shape index (κ3) is 10.4. The summed E-state index contributed by atoms with van der Waals surface area (Å²) in [6.07, 6.45) is 1.79. The lowest BCUT2D eigenvalue weighted by molar-refractivity contribution is -0.0734. The zero-order chi connectivity index (χ0) is 28.7. The molecule has 0 aliphatic heterocycles. The Balaban J connectivity index is 3.06. The summed E-state index contributed by atoms with van der Waals surface area (Å²) in [6.45, 7) is 28.6. The second-order valence-electron chi connectivity index (χ2n) is 13.8. The van der Waals surface area contributed by atoms with E-state index in [1.807, 2.05) is 24.3 Å². The van der Waals surface area contributed by atoms with Crippen molar-refractivity contribution < 1.29 is 23.4 Å². The van der Waals surface area contributed by atoms with Crippen molar-refractivity contribution in [2.24, 2.45) is 11.8 Å². The first-order valence-electron chi connectivity index (χ1n) is 14.0. The number of benzene rings is 1. The average Bonchev–Trinajstić information content (AvgIpc) is 2.79. The smallest absolute Gasteiger partial charge is 0.192 e. The molecule has 0 bridgehead atoms. The highest BCUT2D eigenvalue weighted by molar-refractivity contribution is 6.74. The van der Waals surface area contributed by atoms with Crippen LogP contribution in [0, 0.1) is 11.8 Å². The van der Waals surface area contributed by atoms with E-state index in [-0.39, 0.29) is 40.7 Å². The van der Waals surface area contributed by atoms with Crippen molar-refractivity contribution in [3.63, 3.8) is 0 Å². The van der Waals surface area contributed by atoms with E-state index < -0.39 is 16.6 Å². The first kappa shape index (κ1) is 34.3. The van der Waals surface area contributed by atoms with Gasteiger partial charge in [-0.2, -0.15) is 0 Å². The lowest BCUT2D eigenvalue weighted by Gasteiger charge is -2.43. The van der Waals surface area contributed by atoms with Crippen LogP contribution in [-0.4, -0.2) is 54.3 Å². The highest BCUT2D eigenvalue weighted by Crippen LogP contribution is 2.40. The molecular formula is C30H58O5Si2. The average molecular weight is 555 g/mol. The molecule has 1 rings (SSSR count). The molecule has 0 fully saturated rings. The normalized spacial score (nSPS) is 16.8. The van der Waals surface area contributed by atoms with Crippen molar-refractivity contribution in [1.29, 1.82) is 0 Å². The van der Waals surface area contributed by atoms with Crippen LogP contribution in [-0.2, 0) is 20.2 Å². The maximum absolute atomic E-state index is 10.1. The minimum absolute atomic E-state index is 0.00208. The molecule has 7 heteroatoms. The van der Waals surface area contributed by atoms with Crippen LogP contribution in [0.2, 0.25) is 36.3 Å². The lowest BCUT2D eigenvalue weighted by atomic mass is 9.87. The maximum atomic E-state index is 10.1. The van der Waals surface area contributed by atoms with Crippen molar-refractivity contribution >= 4 is 16.6 Å². The molecule has 1 aromatic carbocycles. The van der Waals surface area contributed by atoms with Crippen molar-refractivity contribution in [3.05, 3.63) is 29.8 Å². The van der Waals surface area contributed by atoms with Gasteiger partial charge in [-0.1, -0.05) is 67.5 Å². The van der Waals surface area contributed by atoms with Crippen LogP contribution in [0.1, 0.15) is 73.8 Å². The Labute approximate surface area is 230 Å². The summed E-state index contributed by atoms with van der Waals surface area (Å²) in [7, 11) is -2.12. The van der Waals surface area contributed by atoms with Gasteiger partial charge in [0.2, 0.25) is 0 Å². The molecule has 37 heavy (non-hydrogen) atoms. The maximum Gasteiger partial charge on any atom is 0.192 e.